The summed E-state index contributed by atoms with van der Waals surface area (Å²) < 4.78 is 12.3. The summed E-state index contributed by atoms with van der Waals surface area (Å²) in [4.78, 5) is 24.0. The van der Waals surface area contributed by atoms with Crippen LogP contribution in [0.15, 0.2) is 52.2 Å². The number of benzene rings is 1. The van der Waals surface area contributed by atoms with Crippen molar-refractivity contribution in [3.05, 3.63) is 48.2 Å². The van der Waals surface area contributed by atoms with Crippen molar-refractivity contribution in [2.75, 3.05) is 17.7 Å². The zero-order valence-electron chi connectivity index (χ0n) is 16.3. The first-order valence-corrected chi connectivity index (χ1v) is 10.2. The van der Waals surface area contributed by atoms with Crippen LogP contribution in [0.25, 0.3) is 11.6 Å². The van der Waals surface area contributed by atoms with Crippen LogP contribution < -0.4 is 5.32 Å². The van der Waals surface area contributed by atoms with Gasteiger partial charge in [0.05, 0.1) is 12.0 Å². The number of thioether (sulfide) groups is 1. The van der Waals surface area contributed by atoms with Gasteiger partial charge in [0.1, 0.15) is 0 Å². The maximum atomic E-state index is 12.0. The number of rotatable bonds is 9. The van der Waals surface area contributed by atoms with Crippen LogP contribution in [0.5, 0.6) is 0 Å². The first-order chi connectivity index (χ1) is 14.1. The fraction of sp³-hybridized carbons (Fsp3) is 0.300. The number of carbonyl (C=O) groups is 2. The number of amides is 1. The molecule has 1 amide bonds. The Labute approximate surface area is 172 Å². The van der Waals surface area contributed by atoms with Crippen LogP contribution in [-0.2, 0) is 27.3 Å². The zero-order chi connectivity index (χ0) is 20.6. The molecule has 2 heterocycles. The Balaban J connectivity index is 1.48. The summed E-state index contributed by atoms with van der Waals surface area (Å²) in [5, 5.41) is 11.5. The molecular formula is C20H22N4O4S. The largest absolute Gasteiger partial charge is 0.461 e. The van der Waals surface area contributed by atoms with Gasteiger partial charge in [-0.05, 0) is 43.2 Å². The number of furan rings is 1. The highest BCUT2D eigenvalue weighted by molar-refractivity contribution is 7.99. The highest BCUT2D eigenvalue weighted by Gasteiger charge is 2.17. The lowest BCUT2D eigenvalue weighted by atomic mass is 10.1. The lowest BCUT2D eigenvalue weighted by Crippen LogP contribution is -2.21. The number of nitrogens with one attached hydrogen (secondary N) is 1. The Bertz CT molecular complexity index is 969. The van der Waals surface area contributed by atoms with Gasteiger partial charge >= 0.3 is 5.97 Å². The average Bonchev–Trinajstić information content (AvgIpc) is 3.40. The molecule has 29 heavy (non-hydrogen) atoms. The third kappa shape index (κ3) is 5.47. The summed E-state index contributed by atoms with van der Waals surface area (Å²) in [7, 11) is 0. The van der Waals surface area contributed by atoms with Gasteiger partial charge in [0, 0.05) is 12.2 Å². The predicted octanol–water partition coefficient (Wildman–Crippen LogP) is 3.39. The molecule has 8 nitrogen and oxygen atoms in total. The van der Waals surface area contributed by atoms with Crippen LogP contribution in [0.4, 0.5) is 5.69 Å². The standard InChI is InChI=1S/C20H22N4O4S/c1-3-14-7-5-8-15(11-14)21-17(25)12-28-18(26)13-29-20-23-22-19(24(20)4-2)16-9-6-10-27-16/h5-11H,3-4,12-13H2,1-2H3,(H,21,25). The minimum absolute atomic E-state index is 0.0227. The first-order valence-electron chi connectivity index (χ1n) is 9.25. The average molecular weight is 414 g/mol. The fourth-order valence-electron chi connectivity index (χ4n) is 2.65. The molecular weight excluding hydrogens is 392 g/mol. The molecule has 1 aromatic carbocycles. The van der Waals surface area contributed by atoms with Gasteiger partial charge in [0.2, 0.25) is 0 Å². The molecule has 0 unspecified atom stereocenters. The van der Waals surface area contributed by atoms with Crippen molar-refractivity contribution in [2.24, 2.45) is 0 Å². The number of nitrogens with zero attached hydrogens (tertiary/aromatic N) is 3. The van der Waals surface area contributed by atoms with E-state index in [0.29, 0.717) is 29.0 Å². The smallest absolute Gasteiger partial charge is 0.316 e. The van der Waals surface area contributed by atoms with Crippen LogP contribution in [0.3, 0.4) is 0 Å². The van der Waals surface area contributed by atoms with Crippen molar-refractivity contribution in [2.45, 2.75) is 32.0 Å². The second kappa shape index (κ2) is 9.92. The summed E-state index contributed by atoms with van der Waals surface area (Å²) in [5.74, 6) is 0.347. The molecule has 2 aromatic heterocycles. The van der Waals surface area contributed by atoms with Crippen molar-refractivity contribution in [3.63, 3.8) is 0 Å². The quantitative estimate of drug-likeness (QED) is 0.423. The molecule has 0 spiro atoms. The monoisotopic (exact) mass is 414 g/mol. The predicted molar refractivity (Wildman–Crippen MR) is 110 cm³/mol. The minimum Gasteiger partial charge on any atom is -0.461 e. The number of carbonyl (C=O) groups excluding carboxylic acids is 2. The highest BCUT2D eigenvalue weighted by Crippen LogP contribution is 2.24. The van der Waals surface area contributed by atoms with E-state index in [1.807, 2.05) is 36.6 Å². The zero-order valence-corrected chi connectivity index (χ0v) is 17.1. The lowest BCUT2D eigenvalue weighted by Gasteiger charge is -2.08. The van der Waals surface area contributed by atoms with Crippen molar-refractivity contribution in [3.8, 4) is 11.6 Å². The molecule has 152 valence electrons. The number of anilines is 1. The molecule has 0 aliphatic heterocycles. The number of esters is 1. The van der Waals surface area contributed by atoms with Gasteiger partial charge in [0.25, 0.3) is 5.91 Å². The topological polar surface area (TPSA) is 99.2 Å². The molecule has 0 bridgehead atoms. The van der Waals surface area contributed by atoms with Crippen molar-refractivity contribution in [1.82, 2.24) is 14.8 Å². The Morgan fingerprint density at radius 3 is 2.79 bits per heavy atom. The molecule has 0 radical (unpaired) electrons. The highest BCUT2D eigenvalue weighted by atomic mass is 32.2. The van der Waals surface area contributed by atoms with Crippen LogP contribution in [0.2, 0.25) is 0 Å². The number of hydrogen-bond donors (Lipinski definition) is 1. The molecule has 9 heteroatoms. The van der Waals surface area contributed by atoms with Gasteiger partial charge in [-0.15, -0.1) is 10.2 Å². The van der Waals surface area contributed by atoms with Crippen molar-refractivity contribution in [1.29, 1.82) is 0 Å². The Morgan fingerprint density at radius 2 is 2.07 bits per heavy atom. The van der Waals surface area contributed by atoms with Crippen LogP contribution in [0, 0.1) is 0 Å². The van der Waals surface area contributed by atoms with Crippen LogP contribution >= 0.6 is 11.8 Å². The van der Waals surface area contributed by atoms with Crippen molar-refractivity contribution < 1.29 is 18.7 Å². The Hall–Kier alpha value is -3.07. The van der Waals surface area contributed by atoms with Crippen molar-refractivity contribution >= 4 is 29.3 Å². The van der Waals surface area contributed by atoms with E-state index < -0.39 is 5.97 Å². The normalized spacial score (nSPS) is 10.7. The van der Waals surface area contributed by atoms with E-state index in [-0.39, 0.29) is 18.3 Å². The van der Waals surface area contributed by atoms with E-state index in [1.165, 1.54) is 11.8 Å². The summed E-state index contributed by atoms with van der Waals surface area (Å²) in [6.07, 6.45) is 2.44. The SMILES string of the molecule is CCc1cccc(NC(=O)COC(=O)CSc2nnc(-c3ccco3)n2CC)c1. The van der Waals surface area contributed by atoms with E-state index in [0.717, 1.165) is 12.0 Å². The first kappa shape index (κ1) is 20.7. The fourth-order valence-corrected chi connectivity index (χ4v) is 3.45. The van der Waals surface area contributed by atoms with E-state index in [2.05, 4.69) is 15.5 Å². The molecule has 1 N–H and O–H groups in total. The van der Waals surface area contributed by atoms with E-state index in [9.17, 15) is 9.59 Å². The third-order valence-electron chi connectivity index (χ3n) is 4.08. The Morgan fingerprint density at radius 1 is 1.21 bits per heavy atom. The van der Waals surface area contributed by atoms with Gasteiger partial charge in [-0.1, -0.05) is 30.8 Å². The number of ether oxygens (including phenoxy) is 1. The molecule has 0 aliphatic rings. The van der Waals surface area contributed by atoms with Crippen LogP contribution in [-0.4, -0.2) is 39.0 Å². The molecule has 0 saturated carbocycles. The van der Waals surface area contributed by atoms with Gasteiger partial charge in [-0.25, -0.2) is 0 Å². The second-order valence-corrected chi connectivity index (χ2v) is 7.02. The molecule has 0 saturated heterocycles. The molecule has 0 atom stereocenters. The van der Waals surface area contributed by atoms with Gasteiger partial charge < -0.3 is 14.5 Å². The number of hydrogen-bond acceptors (Lipinski definition) is 7. The lowest BCUT2D eigenvalue weighted by molar-refractivity contribution is -0.144. The van der Waals surface area contributed by atoms with E-state index in [4.69, 9.17) is 9.15 Å². The second-order valence-electron chi connectivity index (χ2n) is 6.08. The molecule has 0 aliphatic carbocycles. The maximum absolute atomic E-state index is 12.0. The third-order valence-corrected chi connectivity index (χ3v) is 5.02. The molecule has 3 aromatic rings. The summed E-state index contributed by atoms with van der Waals surface area (Å²) in [6, 6.07) is 11.1. The summed E-state index contributed by atoms with van der Waals surface area (Å²) >= 11 is 1.20. The van der Waals surface area contributed by atoms with Crippen LogP contribution in [0.1, 0.15) is 19.4 Å². The maximum Gasteiger partial charge on any atom is 0.316 e. The molecule has 3 rings (SSSR count). The van der Waals surface area contributed by atoms with Gasteiger partial charge in [0.15, 0.2) is 23.3 Å². The minimum atomic E-state index is -0.502. The van der Waals surface area contributed by atoms with E-state index in [1.54, 1.807) is 24.5 Å². The molecule has 0 fully saturated rings. The van der Waals surface area contributed by atoms with Gasteiger partial charge in [-0.3, -0.25) is 14.2 Å². The van der Waals surface area contributed by atoms with Gasteiger partial charge in [-0.2, -0.15) is 0 Å². The Kier molecular flexibility index (Phi) is 7.07. The number of aryl methyl sites for hydroxylation is 1. The summed E-state index contributed by atoms with van der Waals surface area (Å²) in [5.41, 5.74) is 1.80. The van der Waals surface area contributed by atoms with E-state index >= 15 is 0 Å². The number of aromatic nitrogens is 3. The summed E-state index contributed by atoms with van der Waals surface area (Å²) in [6.45, 7) is 4.28.